The first-order valence-electron chi connectivity index (χ1n) is 13.2. The highest BCUT2D eigenvalue weighted by atomic mass is 32.2. The number of aromatic nitrogens is 5. The van der Waals surface area contributed by atoms with Crippen LogP contribution in [0.25, 0.3) is 11.5 Å². The normalized spacial score (nSPS) is 15.8. The fraction of sp³-hybridized carbons (Fsp3) is 0.348. The minimum Gasteiger partial charge on any atom is -0.503 e. The smallest absolute Gasteiger partial charge is 0.362 e. The van der Waals surface area contributed by atoms with E-state index < -0.39 is 99.9 Å². The lowest BCUT2D eigenvalue weighted by atomic mass is 10.1. The topological polar surface area (TPSA) is 344 Å². The van der Waals surface area contributed by atoms with E-state index in [1.54, 1.807) is 0 Å². The van der Waals surface area contributed by atoms with E-state index in [1.165, 1.54) is 10.1 Å². The van der Waals surface area contributed by atoms with Gasteiger partial charge >= 0.3 is 27.9 Å². The molecule has 4 rings (SSSR count). The van der Waals surface area contributed by atoms with Crippen molar-refractivity contribution in [2.45, 2.75) is 38.1 Å². The quantitative estimate of drug-likeness (QED) is 0.0502. The molecular weight excluding hydrogens is 688 g/mol. The van der Waals surface area contributed by atoms with Gasteiger partial charge in [0, 0.05) is 17.6 Å². The number of rotatable bonds is 12. The molecular formula is C23H26N10O13S2. The van der Waals surface area contributed by atoms with E-state index >= 15 is 0 Å². The number of aliphatic hydroxyl groups is 2. The summed E-state index contributed by atoms with van der Waals surface area (Å²) in [5.41, 5.74) is 0.324. The molecule has 0 radical (unpaired) electrons. The molecule has 0 saturated carbocycles. The fourth-order valence-corrected chi connectivity index (χ4v) is 5.16. The van der Waals surface area contributed by atoms with Crippen LogP contribution in [0.15, 0.2) is 32.4 Å². The monoisotopic (exact) mass is 714 g/mol. The summed E-state index contributed by atoms with van der Waals surface area (Å²) in [6, 6.07) is -2.20. The molecule has 4 amide bonds. The molecule has 258 valence electrons. The van der Waals surface area contributed by atoms with Crippen molar-refractivity contribution in [2.75, 3.05) is 18.9 Å². The number of hydrogen-bond donors (Lipinski definition) is 8. The predicted octanol–water partition coefficient (Wildman–Crippen LogP) is -4.09. The number of nitrogens with zero attached hydrogens (tertiary/aromatic N) is 6. The lowest BCUT2D eigenvalue weighted by Crippen LogP contribution is -2.68. The minimum absolute atomic E-state index is 0.0174. The fourth-order valence-electron chi connectivity index (χ4n) is 3.71. The Labute approximate surface area is 271 Å². The zero-order valence-corrected chi connectivity index (χ0v) is 26.2. The summed E-state index contributed by atoms with van der Waals surface area (Å²) in [6.45, 7) is 0.137. The number of nitrogens with one attached hydrogen (secondary N) is 3. The largest absolute Gasteiger partial charge is 0.503 e. The number of aliphatic hydroxyl groups excluding tert-OH is 2. The average molecular weight is 715 g/mol. The number of thiazole rings is 1. The number of carbonyl (C=O) groups excluding carboxylic acids is 3. The third-order valence-corrected chi connectivity index (χ3v) is 8.16. The van der Waals surface area contributed by atoms with Crippen molar-refractivity contribution in [1.82, 2.24) is 38.7 Å². The van der Waals surface area contributed by atoms with Gasteiger partial charge in [0.2, 0.25) is 11.0 Å². The average Bonchev–Trinajstić information content (AvgIpc) is 3.58. The molecule has 3 aromatic rings. The maximum absolute atomic E-state index is 13.0. The maximum atomic E-state index is 13.0. The van der Waals surface area contributed by atoms with Gasteiger partial charge in [0.05, 0.1) is 31.5 Å². The number of hydrogen-bond acceptors (Lipinski definition) is 17. The molecule has 0 bridgehead atoms. The highest BCUT2D eigenvalue weighted by Crippen LogP contribution is 2.18. The molecule has 0 unspecified atom stereocenters. The molecule has 1 aliphatic heterocycles. The molecule has 0 spiro atoms. The zero-order valence-electron chi connectivity index (χ0n) is 24.5. The second kappa shape index (κ2) is 13.2. The van der Waals surface area contributed by atoms with Crippen LogP contribution in [-0.2, 0) is 36.0 Å². The van der Waals surface area contributed by atoms with E-state index in [4.69, 9.17) is 10.6 Å². The maximum Gasteiger partial charge on any atom is 0.362 e. The van der Waals surface area contributed by atoms with Crippen molar-refractivity contribution in [2.24, 2.45) is 5.16 Å². The predicted molar refractivity (Wildman–Crippen MR) is 160 cm³/mol. The van der Waals surface area contributed by atoms with Crippen LogP contribution in [0, 0.1) is 0 Å². The van der Waals surface area contributed by atoms with Crippen molar-refractivity contribution in [1.29, 1.82) is 0 Å². The van der Waals surface area contributed by atoms with Crippen molar-refractivity contribution in [3.8, 4) is 17.3 Å². The van der Waals surface area contributed by atoms with E-state index in [2.05, 4.69) is 25.5 Å². The first-order chi connectivity index (χ1) is 22.4. The van der Waals surface area contributed by atoms with Gasteiger partial charge in [-0.15, -0.1) is 16.4 Å². The number of likely N-dealkylation sites (tertiary alicyclic amines) is 1. The Kier molecular flexibility index (Phi) is 9.69. The number of β-lactam (4-membered cyclic amide) rings is 1. The third-order valence-electron chi connectivity index (χ3n) is 6.36. The number of carbonyl (C=O) groups is 4. The first kappa shape index (κ1) is 35.2. The van der Waals surface area contributed by atoms with Crippen LogP contribution in [0.5, 0.6) is 5.75 Å². The number of aliphatic carboxylic acids is 1. The first-order valence-corrected chi connectivity index (χ1v) is 15.5. The number of aromatic hydroxyl groups is 1. The molecule has 2 atom stereocenters. The van der Waals surface area contributed by atoms with Gasteiger partial charge in [-0.05, 0) is 13.8 Å². The van der Waals surface area contributed by atoms with Gasteiger partial charge in [0.15, 0.2) is 22.4 Å². The Hall–Kier alpha value is -5.66. The van der Waals surface area contributed by atoms with Crippen molar-refractivity contribution >= 4 is 56.2 Å². The Bertz CT molecular complexity index is 2050. The molecule has 1 fully saturated rings. The molecule has 9 N–H and O–H groups in total. The molecule has 23 nitrogen and oxygen atoms in total. The summed E-state index contributed by atoms with van der Waals surface area (Å²) in [6.07, 6.45) is -0.778. The van der Waals surface area contributed by atoms with Crippen molar-refractivity contribution in [3.05, 3.63) is 44.0 Å². The SMILES string of the molecule is CC(C)(O/N=C(\C(=O)N[C@H]1CN(C(=O)NS(=O)(=O)n2nc(-c3cc(=O)c(O)c[nH]3)n(C[C@H](O)CO)c2=O)C1=O)c1csc(N)n1)C(=O)O. The molecule has 1 saturated heterocycles. The lowest BCUT2D eigenvalue weighted by Gasteiger charge is -2.36. The Morgan fingerprint density at radius 2 is 1.98 bits per heavy atom. The highest BCUT2D eigenvalue weighted by Gasteiger charge is 2.44. The van der Waals surface area contributed by atoms with Crippen LogP contribution in [0.1, 0.15) is 19.5 Å². The van der Waals surface area contributed by atoms with Crippen LogP contribution >= 0.6 is 11.3 Å². The van der Waals surface area contributed by atoms with E-state index in [0.717, 1.165) is 37.4 Å². The van der Waals surface area contributed by atoms with Gasteiger partial charge in [0.25, 0.3) is 11.8 Å². The van der Waals surface area contributed by atoms with Crippen LogP contribution < -0.4 is 26.9 Å². The molecule has 0 aromatic carbocycles. The summed E-state index contributed by atoms with van der Waals surface area (Å²) in [5.74, 6) is -4.89. The molecule has 4 heterocycles. The second-order valence-electron chi connectivity index (χ2n) is 10.3. The van der Waals surface area contributed by atoms with E-state index in [-0.39, 0.29) is 20.6 Å². The standard InChI is InChI=1S/C23H26N10O13S2/c1-23(2,19(40)41)46-29-15(12-8-47-20(24)27-12)17(38)26-11-6-32(18(11)39)21(42)30-48(44,45)33-22(43)31(5-9(35)7-34)16(28-33)10-3-13(36)14(37)4-25-10/h3-4,8-9,11,34-35,37H,5-7H2,1-2H3,(H2,24,27)(H,25,36)(H,26,38)(H,30,42)(H,40,41)/b29-15-/t9-,11-/m0/s1. The summed E-state index contributed by atoms with van der Waals surface area (Å²) in [7, 11) is -5.22. The molecule has 48 heavy (non-hydrogen) atoms. The molecule has 1 aliphatic rings. The van der Waals surface area contributed by atoms with Gasteiger partial charge in [-0.2, -0.15) is 8.42 Å². The summed E-state index contributed by atoms with van der Waals surface area (Å²) >= 11 is 0.913. The Morgan fingerprint density at radius 3 is 2.54 bits per heavy atom. The van der Waals surface area contributed by atoms with Crippen molar-refractivity contribution in [3.63, 3.8) is 0 Å². The number of carboxylic acid groups (broad SMARTS) is 1. The number of aromatic amines is 1. The van der Waals surface area contributed by atoms with Gasteiger partial charge in [-0.3, -0.25) is 23.9 Å². The lowest BCUT2D eigenvalue weighted by molar-refractivity contribution is -0.161. The molecule has 25 heteroatoms. The number of H-pyrrole nitrogens is 1. The van der Waals surface area contributed by atoms with Crippen molar-refractivity contribution < 1.29 is 52.9 Å². The summed E-state index contributed by atoms with van der Waals surface area (Å²) in [4.78, 5) is 86.4. The minimum atomic E-state index is -5.22. The van der Waals surface area contributed by atoms with E-state index in [9.17, 15) is 57.6 Å². The number of oxime groups is 1. The van der Waals surface area contributed by atoms with Gasteiger partial charge < -0.3 is 41.3 Å². The van der Waals surface area contributed by atoms with E-state index in [0.29, 0.717) is 9.47 Å². The van der Waals surface area contributed by atoms with Crippen LogP contribution in [0.4, 0.5) is 9.93 Å². The van der Waals surface area contributed by atoms with Crippen LogP contribution in [-0.4, -0.2) is 118 Å². The van der Waals surface area contributed by atoms with Gasteiger partial charge in [-0.1, -0.05) is 9.24 Å². The number of anilines is 1. The second-order valence-corrected chi connectivity index (χ2v) is 12.7. The Morgan fingerprint density at radius 1 is 1.29 bits per heavy atom. The van der Waals surface area contributed by atoms with Crippen LogP contribution in [0.3, 0.4) is 0 Å². The number of nitrogens with two attached hydrogens (primary N) is 1. The molecule has 3 aromatic heterocycles. The number of urea groups is 1. The Balaban J connectivity index is 1.52. The summed E-state index contributed by atoms with van der Waals surface area (Å²) in [5, 5.41) is 48.6. The third kappa shape index (κ3) is 7.17. The zero-order chi connectivity index (χ0) is 35.7. The highest BCUT2D eigenvalue weighted by molar-refractivity contribution is 7.88. The summed E-state index contributed by atoms with van der Waals surface area (Å²) < 4.78 is 27.9. The van der Waals surface area contributed by atoms with Gasteiger partial charge in [-0.25, -0.2) is 24.1 Å². The van der Waals surface area contributed by atoms with E-state index in [1.807, 2.05) is 0 Å². The molecule has 0 aliphatic carbocycles. The number of pyridine rings is 1. The van der Waals surface area contributed by atoms with Gasteiger partial charge in [0.1, 0.15) is 11.7 Å². The number of carboxylic acids is 1. The van der Waals surface area contributed by atoms with Crippen LogP contribution in [0.2, 0.25) is 0 Å². The number of nitrogen functional groups attached to an aromatic ring is 1. The number of imide groups is 1. The number of amides is 4.